The quantitative estimate of drug-likeness (QED) is 0.918. The Balaban J connectivity index is 2.28. The van der Waals surface area contributed by atoms with Crippen molar-refractivity contribution in [2.75, 3.05) is 5.32 Å². The Labute approximate surface area is 123 Å². The first-order valence-electron chi connectivity index (χ1n) is 6.39. The fourth-order valence-corrected chi connectivity index (χ4v) is 2.39. The van der Waals surface area contributed by atoms with Gasteiger partial charge in [0.2, 0.25) is 0 Å². The highest BCUT2D eigenvalue weighted by atomic mass is 35.5. The Bertz CT molecular complexity index is 641. The van der Waals surface area contributed by atoms with Crippen molar-refractivity contribution < 1.29 is 4.79 Å². The molecule has 4 nitrogen and oxygen atoms in total. The zero-order chi connectivity index (χ0) is 14.9. The molecule has 1 aromatic carbocycles. The van der Waals surface area contributed by atoms with Crippen molar-refractivity contribution in [2.24, 2.45) is 7.05 Å². The van der Waals surface area contributed by atoms with Gasteiger partial charge in [-0.2, -0.15) is 5.10 Å². The monoisotopic (exact) mass is 291 g/mol. The van der Waals surface area contributed by atoms with E-state index in [4.69, 9.17) is 11.6 Å². The number of halogens is 1. The zero-order valence-electron chi connectivity index (χ0n) is 12.1. The van der Waals surface area contributed by atoms with Crippen molar-refractivity contribution in [1.82, 2.24) is 9.78 Å². The largest absolute Gasteiger partial charge is 0.319 e. The van der Waals surface area contributed by atoms with Crippen molar-refractivity contribution in [3.05, 3.63) is 46.7 Å². The summed E-state index contributed by atoms with van der Waals surface area (Å²) in [5, 5.41) is 7.45. The molecule has 0 aliphatic rings. The Morgan fingerprint density at radius 3 is 2.55 bits per heavy atom. The summed E-state index contributed by atoms with van der Waals surface area (Å²) in [5.41, 5.74) is 1.89. The molecule has 0 radical (unpaired) electrons. The lowest BCUT2D eigenvalue weighted by Gasteiger charge is -2.22. The fourth-order valence-electron chi connectivity index (χ4n) is 1.93. The van der Waals surface area contributed by atoms with Gasteiger partial charge in [-0.1, -0.05) is 44.5 Å². The van der Waals surface area contributed by atoms with Gasteiger partial charge in [0.1, 0.15) is 0 Å². The lowest BCUT2D eigenvalue weighted by Crippen LogP contribution is -2.16. The number of anilines is 1. The first-order valence-corrected chi connectivity index (χ1v) is 6.77. The van der Waals surface area contributed by atoms with Crippen LogP contribution < -0.4 is 5.32 Å². The highest BCUT2D eigenvalue weighted by molar-refractivity contribution is 6.34. The average molecular weight is 292 g/mol. The van der Waals surface area contributed by atoms with Gasteiger partial charge in [-0.05, 0) is 23.1 Å². The maximum Gasteiger partial charge on any atom is 0.276 e. The number of aryl methyl sites for hydroxylation is 1. The van der Waals surface area contributed by atoms with E-state index in [1.807, 2.05) is 12.1 Å². The lowest BCUT2D eigenvalue weighted by atomic mass is 9.87. The second-order valence-corrected chi connectivity index (χ2v) is 6.12. The summed E-state index contributed by atoms with van der Waals surface area (Å²) in [6.45, 7) is 6.25. The molecule has 1 heterocycles. The topological polar surface area (TPSA) is 46.9 Å². The molecule has 106 valence electrons. The van der Waals surface area contributed by atoms with Gasteiger partial charge in [-0.25, -0.2) is 0 Å². The minimum atomic E-state index is -0.265. The molecule has 5 heteroatoms. The van der Waals surface area contributed by atoms with E-state index in [0.29, 0.717) is 16.4 Å². The van der Waals surface area contributed by atoms with E-state index in [2.05, 4.69) is 31.2 Å². The summed E-state index contributed by atoms with van der Waals surface area (Å²) in [6, 6.07) is 7.31. The summed E-state index contributed by atoms with van der Waals surface area (Å²) in [6.07, 6.45) is 1.72. The molecular weight excluding hydrogens is 274 g/mol. The van der Waals surface area contributed by atoms with E-state index in [9.17, 15) is 4.79 Å². The van der Waals surface area contributed by atoms with Crippen LogP contribution in [0.5, 0.6) is 0 Å². The number of nitrogens with zero attached hydrogens (tertiary/aromatic N) is 2. The molecule has 1 amide bonds. The third-order valence-electron chi connectivity index (χ3n) is 3.00. The Kier molecular flexibility index (Phi) is 3.86. The number of hydrogen-bond acceptors (Lipinski definition) is 2. The van der Waals surface area contributed by atoms with E-state index >= 15 is 0 Å². The summed E-state index contributed by atoms with van der Waals surface area (Å²) in [4.78, 5) is 12.1. The molecule has 0 saturated heterocycles. The van der Waals surface area contributed by atoms with Gasteiger partial charge in [-0.3, -0.25) is 9.48 Å². The molecule has 2 rings (SSSR count). The fraction of sp³-hybridized carbons (Fsp3) is 0.333. The molecule has 1 aromatic heterocycles. The predicted octanol–water partition coefficient (Wildman–Crippen LogP) is 3.62. The second-order valence-electron chi connectivity index (χ2n) is 5.75. The SMILES string of the molecule is Cn1ccc(C(=O)Nc2cccc(C(C)(C)C)c2Cl)n1. The standard InChI is InChI=1S/C15H18ClN3O/c1-15(2,3)10-6-5-7-11(13(10)16)17-14(20)12-8-9-19(4)18-12/h5-9H,1-4H3,(H,17,20). The zero-order valence-corrected chi connectivity index (χ0v) is 12.8. The Hall–Kier alpha value is -1.81. The number of hydrogen-bond donors (Lipinski definition) is 1. The predicted molar refractivity (Wildman–Crippen MR) is 81.3 cm³/mol. The first kappa shape index (κ1) is 14.6. The molecule has 0 bridgehead atoms. The van der Waals surface area contributed by atoms with Gasteiger partial charge in [-0.15, -0.1) is 0 Å². The highest BCUT2D eigenvalue weighted by Gasteiger charge is 2.20. The van der Waals surface area contributed by atoms with Gasteiger partial charge >= 0.3 is 0 Å². The van der Waals surface area contributed by atoms with Crippen LogP contribution in [0.15, 0.2) is 30.5 Å². The van der Waals surface area contributed by atoms with Crippen LogP contribution in [0.2, 0.25) is 5.02 Å². The highest BCUT2D eigenvalue weighted by Crippen LogP contribution is 2.34. The summed E-state index contributed by atoms with van der Waals surface area (Å²) >= 11 is 6.39. The number of nitrogens with one attached hydrogen (secondary N) is 1. The van der Waals surface area contributed by atoms with E-state index in [-0.39, 0.29) is 11.3 Å². The van der Waals surface area contributed by atoms with Crippen LogP contribution in [-0.4, -0.2) is 15.7 Å². The average Bonchev–Trinajstić information content (AvgIpc) is 2.77. The molecule has 0 unspecified atom stereocenters. The molecule has 0 saturated carbocycles. The van der Waals surface area contributed by atoms with Crippen LogP contribution in [0.1, 0.15) is 36.8 Å². The third-order valence-corrected chi connectivity index (χ3v) is 3.41. The molecule has 0 aliphatic heterocycles. The normalized spacial score (nSPS) is 11.4. The minimum absolute atomic E-state index is 0.0805. The second kappa shape index (κ2) is 5.29. The van der Waals surface area contributed by atoms with Crippen molar-refractivity contribution in [2.45, 2.75) is 26.2 Å². The summed E-state index contributed by atoms with van der Waals surface area (Å²) < 4.78 is 1.59. The van der Waals surface area contributed by atoms with E-state index in [1.54, 1.807) is 30.1 Å². The van der Waals surface area contributed by atoms with E-state index in [1.165, 1.54) is 0 Å². The maximum atomic E-state index is 12.1. The smallest absolute Gasteiger partial charge is 0.276 e. The van der Waals surface area contributed by atoms with Crippen molar-refractivity contribution >= 4 is 23.2 Å². The number of carbonyl (C=O) groups is 1. The minimum Gasteiger partial charge on any atom is -0.319 e. The van der Waals surface area contributed by atoms with Crippen LogP contribution in [0.3, 0.4) is 0 Å². The number of amides is 1. The number of rotatable bonds is 2. The van der Waals surface area contributed by atoms with Crippen molar-refractivity contribution in [3.63, 3.8) is 0 Å². The first-order chi connectivity index (χ1) is 9.29. The molecule has 0 fully saturated rings. The third kappa shape index (κ3) is 3.02. The maximum absolute atomic E-state index is 12.1. The molecule has 2 aromatic rings. The summed E-state index contributed by atoms with van der Waals surface area (Å²) in [7, 11) is 1.77. The Morgan fingerprint density at radius 1 is 1.30 bits per heavy atom. The van der Waals surface area contributed by atoms with Gasteiger partial charge in [0.25, 0.3) is 5.91 Å². The molecular formula is C15H18ClN3O. The number of carbonyl (C=O) groups excluding carboxylic acids is 1. The van der Waals surface area contributed by atoms with Gasteiger partial charge in [0.15, 0.2) is 5.69 Å². The number of aromatic nitrogens is 2. The number of benzene rings is 1. The lowest BCUT2D eigenvalue weighted by molar-refractivity contribution is 0.102. The van der Waals surface area contributed by atoms with Crippen LogP contribution in [-0.2, 0) is 12.5 Å². The summed E-state index contributed by atoms with van der Waals surface area (Å²) in [5.74, 6) is -0.265. The molecule has 0 spiro atoms. The van der Waals surface area contributed by atoms with Crippen LogP contribution in [0.25, 0.3) is 0 Å². The molecule has 0 aliphatic carbocycles. The van der Waals surface area contributed by atoms with Gasteiger partial charge in [0, 0.05) is 13.2 Å². The van der Waals surface area contributed by atoms with E-state index < -0.39 is 0 Å². The molecule has 0 atom stereocenters. The van der Waals surface area contributed by atoms with Crippen LogP contribution >= 0.6 is 11.6 Å². The van der Waals surface area contributed by atoms with E-state index in [0.717, 1.165) is 5.56 Å². The van der Waals surface area contributed by atoms with Gasteiger partial charge < -0.3 is 5.32 Å². The van der Waals surface area contributed by atoms with Crippen LogP contribution in [0, 0.1) is 0 Å². The Morgan fingerprint density at radius 2 is 2.00 bits per heavy atom. The molecule has 20 heavy (non-hydrogen) atoms. The van der Waals surface area contributed by atoms with Crippen molar-refractivity contribution in [3.8, 4) is 0 Å². The van der Waals surface area contributed by atoms with Gasteiger partial charge in [0.05, 0.1) is 10.7 Å². The molecule has 1 N–H and O–H groups in total. The van der Waals surface area contributed by atoms with Crippen LogP contribution in [0.4, 0.5) is 5.69 Å². The van der Waals surface area contributed by atoms with Crippen molar-refractivity contribution in [1.29, 1.82) is 0 Å².